The van der Waals surface area contributed by atoms with Crippen LogP contribution in [0, 0.1) is 13.8 Å². The van der Waals surface area contributed by atoms with Crippen molar-refractivity contribution in [2.75, 3.05) is 22.1 Å². The first-order chi connectivity index (χ1) is 18.3. The first-order valence-corrected chi connectivity index (χ1v) is 14.6. The van der Waals surface area contributed by atoms with Gasteiger partial charge in [-0.25, -0.2) is 4.98 Å². The van der Waals surface area contributed by atoms with Crippen molar-refractivity contribution in [3.8, 4) is 17.2 Å². The number of carbonyl (C=O) groups excluding carboxylic acids is 2. The van der Waals surface area contributed by atoms with Crippen LogP contribution in [0.5, 0.6) is 5.75 Å². The highest BCUT2D eigenvalue weighted by atomic mass is 32.2. The lowest BCUT2D eigenvalue weighted by molar-refractivity contribution is -0.114. The van der Waals surface area contributed by atoms with Crippen LogP contribution in [0.15, 0.2) is 49.5 Å². The summed E-state index contributed by atoms with van der Waals surface area (Å²) >= 11 is 5.48. The van der Waals surface area contributed by atoms with Gasteiger partial charge in [-0.05, 0) is 44.2 Å². The minimum absolute atomic E-state index is 0.0979. The Bertz CT molecular complexity index is 1630. The summed E-state index contributed by atoms with van der Waals surface area (Å²) < 4.78 is 7.27. The second-order valence-electron chi connectivity index (χ2n) is 7.78. The molecule has 0 radical (unpaired) electrons. The van der Waals surface area contributed by atoms with E-state index in [0.29, 0.717) is 28.0 Å². The number of anilines is 2. The molecule has 3 aromatic heterocycles. The van der Waals surface area contributed by atoms with Gasteiger partial charge in [0.05, 0.1) is 17.1 Å². The van der Waals surface area contributed by atoms with Crippen LogP contribution in [0.3, 0.4) is 0 Å². The van der Waals surface area contributed by atoms with Gasteiger partial charge >= 0.3 is 0 Å². The van der Waals surface area contributed by atoms with Gasteiger partial charge in [0.15, 0.2) is 14.3 Å². The van der Waals surface area contributed by atoms with Crippen LogP contribution >= 0.6 is 46.2 Å². The molecule has 0 atom stereocenters. The number of hydrogen-bond acceptors (Lipinski definition) is 13. The summed E-state index contributed by atoms with van der Waals surface area (Å²) in [6.45, 7) is 3.71. The Kier molecular flexibility index (Phi) is 7.87. The normalized spacial score (nSPS) is 11.1. The van der Waals surface area contributed by atoms with Crippen molar-refractivity contribution in [3.05, 3.63) is 46.4 Å². The molecule has 0 saturated carbocycles. The van der Waals surface area contributed by atoms with Crippen molar-refractivity contribution in [1.29, 1.82) is 0 Å². The summed E-state index contributed by atoms with van der Waals surface area (Å²) in [5, 5.41) is 33.7. The third-order valence-corrected chi connectivity index (χ3v) is 8.80. The van der Waals surface area contributed by atoms with Gasteiger partial charge in [0.1, 0.15) is 21.3 Å². The van der Waals surface area contributed by atoms with Crippen molar-refractivity contribution in [2.45, 2.75) is 22.5 Å². The summed E-state index contributed by atoms with van der Waals surface area (Å²) in [6.07, 6.45) is 0. The zero-order valence-electron chi connectivity index (χ0n) is 19.9. The third kappa shape index (κ3) is 6.48. The number of carbonyl (C=O) groups is 2. The molecule has 0 aliphatic heterocycles. The van der Waals surface area contributed by atoms with E-state index in [1.54, 1.807) is 30.3 Å². The van der Waals surface area contributed by atoms with Crippen LogP contribution in [0.1, 0.15) is 10.0 Å². The number of aromatic hydroxyl groups is 1. The SMILES string of the molecule is Cc1nnc(SCC(=O)Nc2ccc(-c3nc4cc(NC(=O)CSc5nnc(C)s5)ccc4o3)c(O)c2)s1. The molecular weight excluding hydrogens is 567 g/mol. The maximum absolute atomic E-state index is 12.3. The molecule has 11 nitrogen and oxygen atoms in total. The average molecular weight is 586 g/mol. The number of aromatic nitrogens is 5. The fraction of sp³-hybridized carbons (Fsp3) is 0.174. The van der Waals surface area contributed by atoms with Crippen LogP contribution in [0.25, 0.3) is 22.6 Å². The molecule has 0 unspecified atom stereocenters. The Balaban J connectivity index is 1.21. The molecule has 0 aliphatic carbocycles. The summed E-state index contributed by atoms with van der Waals surface area (Å²) in [4.78, 5) is 29.1. The van der Waals surface area contributed by atoms with E-state index in [2.05, 4.69) is 36.0 Å². The third-order valence-electron chi connectivity index (χ3n) is 4.85. The molecule has 0 bridgehead atoms. The number of phenolic OH excluding ortho intramolecular Hbond substituents is 1. The molecular formula is C23H19N7O4S4. The van der Waals surface area contributed by atoms with E-state index >= 15 is 0 Å². The largest absolute Gasteiger partial charge is 0.507 e. The molecule has 3 N–H and O–H groups in total. The van der Waals surface area contributed by atoms with Gasteiger partial charge in [-0.1, -0.05) is 46.2 Å². The van der Waals surface area contributed by atoms with Crippen molar-refractivity contribution < 1.29 is 19.1 Å². The number of nitrogens with one attached hydrogen (secondary N) is 2. The number of oxazole rings is 1. The Morgan fingerprint density at radius 2 is 1.45 bits per heavy atom. The standard InChI is InChI=1S/C23H19N7O4S4/c1-11-27-29-22(37-11)35-9-19(32)24-13-4-6-18-16(7-13)26-21(34-18)15-5-3-14(8-17(15)31)25-20(33)10-36-23-30-28-12(2)38-23/h3-8,31H,9-10H2,1-2H3,(H,24,32)(H,25,33). The average Bonchev–Trinajstić information content (AvgIpc) is 3.61. The molecule has 5 aromatic rings. The number of rotatable bonds is 9. The molecule has 0 aliphatic rings. The summed E-state index contributed by atoms with van der Waals surface area (Å²) in [5.74, 6) is 0.0686. The van der Waals surface area contributed by atoms with Gasteiger partial charge in [-0.2, -0.15) is 0 Å². The Morgan fingerprint density at radius 3 is 2.00 bits per heavy atom. The Morgan fingerprint density at radius 1 is 0.868 bits per heavy atom. The van der Waals surface area contributed by atoms with E-state index < -0.39 is 0 Å². The van der Waals surface area contributed by atoms with Gasteiger partial charge in [-0.15, -0.1) is 20.4 Å². The zero-order chi connectivity index (χ0) is 26.6. The first-order valence-electron chi connectivity index (χ1n) is 11.0. The van der Waals surface area contributed by atoms with Crippen LogP contribution in [0.2, 0.25) is 0 Å². The van der Waals surface area contributed by atoms with Crippen LogP contribution in [0.4, 0.5) is 11.4 Å². The van der Waals surface area contributed by atoms with Crippen LogP contribution < -0.4 is 10.6 Å². The van der Waals surface area contributed by atoms with E-state index in [1.807, 2.05) is 13.8 Å². The number of fused-ring (bicyclic) bond motifs is 1. The minimum Gasteiger partial charge on any atom is -0.507 e. The second-order valence-corrected chi connectivity index (χ2v) is 12.6. The van der Waals surface area contributed by atoms with Gasteiger partial charge in [-0.3, -0.25) is 9.59 Å². The molecule has 15 heteroatoms. The predicted molar refractivity (Wildman–Crippen MR) is 149 cm³/mol. The molecule has 0 spiro atoms. The maximum atomic E-state index is 12.3. The first kappa shape index (κ1) is 26.1. The van der Waals surface area contributed by atoms with Crippen molar-refractivity contribution >= 4 is 80.5 Å². The highest BCUT2D eigenvalue weighted by Crippen LogP contribution is 2.34. The maximum Gasteiger partial charge on any atom is 0.234 e. The van der Waals surface area contributed by atoms with Gasteiger partial charge in [0.25, 0.3) is 0 Å². The minimum atomic E-state index is -0.233. The monoisotopic (exact) mass is 585 g/mol. The lowest BCUT2D eigenvalue weighted by Crippen LogP contribution is -2.13. The smallest absolute Gasteiger partial charge is 0.234 e. The number of thioether (sulfide) groups is 2. The lowest BCUT2D eigenvalue weighted by Gasteiger charge is -2.06. The van der Waals surface area contributed by atoms with Crippen LogP contribution in [-0.2, 0) is 9.59 Å². The number of benzene rings is 2. The molecule has 0 fully saturated rings. The molecule has 0 saturated heterocycles. The number of hydrogen-bond donors (Lipinski definition) is 3. The fourth-order valence-corrected chi connectivity index (χ4v) is 6.46. The topological polar surface area (TPSA) is 156 Å². The van der Waals surface area contributed by atoms with Gasteiger partial charge < -0.3 is 20.2 Å². The van der Waals surface area contributed by atoms with Gasteiger partial charge in [0.2, 0.25) is 17.7 Å². The number of amides is 2. The van der Waals surface area contributed by atoms with Crippen LogP contribution in [-0.4, -0.2) is 53.8 Å². The Hall–Kier alpha value is -3.53. The molecule has 2 amide bonds. The molecule has 5 rings (SSSR count). The van der Waals surface area contributed by atoms with E-state index in [0.717, 1.165) is 18.7 Å². The zero-order valence-corrected chi connectivity index (χ0v) is 23.2. The highest BCUT2D eigenvalue weighted by Gasteiger charge is 2.15. The number of phenols is 1. The highest BCUT2D eigenvalue weighted by molar-refractivity contribution is 8.01. The van der Waals surface area contributed by atoms with E-state index in [9.17, 15) is 14.7 Å². The predicted octanol–water partition coefficient (Wildman–Crippen LogP) is 4.98. The number of aryl methyl sites for hydroxylation is 2. The van der Waals surface area contributed by atoms with Crippen molar-refractivity contribution in [3.63, 3.8) is 0 Å². The molecule has 194 valence electrons. The van der Waals surface area contributed by atoms with Crippen molar-refractivity contribution in [1.82, 2.24) is 25.4 Å². The van der Waals surface area contributed by atoms with E-state index in [4.69, 9.17) is 4.42 Å². The second kappa shape index (κ2) is 11.5. The summed E-state index contributed by atoms with van der Waals surface area (Å²) in [5.41, 5.74) is 2.39. The van der Waals surface area contributed by atoms with E-state index in [-0.39, 0.29) is 35.0 Å². The Labute approximate surface area is 232 Å². The molecule has 3 heterocycles. The molecule has 2 aromatic carbocycles. The lowest BCUT2D eigenvalue weighted by atomic mass is 10.2. The fourth-order valence-electron chi connectivity index (χ4n) is 3.23. The molecule has 38 heavy (non-hydrogen) atoms. The summed E-state index contributed by atoms with van der Waals surface area (Å²) in [6, 6.07) is 9.82. The summed E-state index contributed by atoms with van der Waals surface area (Å²) in [7, 11) is 0. The van der Waals surface area contributed by atoms with E-state index in [1.165, 1.54) is 52.3 Å². The van der Waals surface area contributed by atoms with Gasteiger partial charge in [0, 0.05) is 17.4 Å². The quantitative estimate of drug-likeness (QED) is 0.200. The van der Waals surface area contributed by atoms with Crippen molar-refractivity contribution in [2.24, 2.45) is 0 Å². The number of nitrogens with zero attached hydrogens (tertiary/aromatic N) is 5.